The summed E-state index contributed by atoms with van der Waals surface area (Å²) in [7, 11) is -3.73. The summed E-state index contributed by atoms with van der Waals surface area (Å²) in [6.45, 7) is 7.02. The van der Waals surface area contributed by atoms with E-state index in [-0.39, 0.29) is 22.1 Å². The molecule has 0 unspecified atom stereocenters. The van der Waals surface area contributed by atoms with E-state index in [9.17, 15) is 22.8 Å². The van der Waals surface area contributed by atoms with E-state index in [4.69, 9.17) is 4.74 Å². The highest BCUT2D eigenvalue weighted by Crippen LogP contribution is 2.21. The number of ether oxygens (including phenoxy) is 1. The number of sulfonamides is 1. The number of thiophene rings is 1. The lowest BCUT2D eigenvalue weighted by molar-refractivity contribution is -0.119. The quantitative estimate of drug-likeness (QED) is 0.426. The van der Waals surface area contributed by atoms with Crippen LogP contribution in [0.3, 0.4) is 0 Å². The predicted molar refractivity (Wildman–Crippen MR) is 118 cm³/mol. The molecule has 0 bridgehead atoms. The molecule has 0 radical (unpaired) electrons. The van der Waals surface area contributed by atoms with E-state index in [1.54, 1.807) is 39.0 Å². The van der Waals surface area contributed by atoms with Crippen LogP contribution >= 0.6 is 11.3 Å². The fourth-order valence-electron chi connectivity index (χ4n) is 2.81. The predicted octanol–water partition coefficient (Wildman–Crippen LogP) is 2.76. The van der Waals surface area contributed by atoms with Crippen molar-refractivity contribution in [3.8, 4) is 0 Å². The number of benzene rings is 1. The van der Waals surface area contributed by atoms with Gasteiger partial charge in [0.15, 0.2) is 6.61 Å². The standard InChI is InChI=1S/C21H26N2O6S2/c1-5-23(6-2)31(27,28)17-9-7-14(3)18(11-17)21(26)29-13-19(25)20-10-8-16(30-20)12-22-15(4)24/h7-11H,5-6,12-13H2,1-4H3,(H,22,24). The van der Waals surface area contributed by atoms with Crippen LogP contribution in [0.2, 0.25) is 0 Å². The number of amides is 1. The minimum absolute atomic E-state index is 0.000876. The highest BCUT2D eigenvalue weighted by molar-refractivity contribution is 7.89. The van der Waals surface area contributed by atoms with Crippen LogP contribution in [0.5, 0.6) is 0 Å². The Morgan fingerprint density at radius 3 is 2.39 bits per heavy atom. The van der Waals surface area contributed by atoms with Crippen molar-refractivity contribution in [1.29, 1.82) is 0 Å². The number of esters is 1. The third-order valence-corrected chi connectivity index (χ3v) is 7.73. The summed E-state index contributed by atoms with van der Waals surface area (Å²) in [5.74, 6) is -1.31. The monoisotopic (exact) mass is 466 g/mol. The smallest absolute Gasteiger partial charge is 0.338 e. The summed E-state index contributed by atoms with van der Waals surface area (Å²) in [4.78, 5) is 37.1. The normalized spacial score (nSPS) is 11.4. The third-order valence-electron chi connectivity index (χ3n) is 4.55. The average molecular weight is 467 g/mol. The van der Waals surface area contributed by atoms with E-state index in [1.807, 2.05) is 0 Å². The van der Waals surface area contributed by atoms with Crippen molar-refractivity contribution in [2.24, 2.45) is 0 Å². The molecule has 0 atom stereocenters. The van der Waals surface area contributed by atoms with Gasteiger partial charge in [0.05, 0.1) is 21.9 Å². The number of hydrogen-bond donors (Lipinski definition) is 1. The fraction of sp³-hybridized carbons (Fsp3) is 0.381. The van der Waals surface area contributed by atoms with Crippen molar-refractivity contribution in [3.05, 3.63) is 51.2 Å². The zero-order chi connectivity index (χ0) is 23.2. The molecular weight excluding hydrogens is 440 g/mol. The van der Waals surface area contributed by atoms with Crippen LogP contribution in [0.25, 0.3) is 0 Å². The Kier molecular flexibility index (Phi) is 8.49. The summed E-state index contributed by atoms with van der Waals surface area (Å²) >= 11 is 1.21. The van der Waals surface area contributed by atoms with Gasteiger partial charge in [-0.15, -0.1) is 11.3 Å². The molecule has 2 rings (SSSR count). The summed E-state index contributed by atoms with van der Waals surface area (Å²) in [6, 6.07) is 7.61. The number of carbonyl (C=O) groups excluding carboxylic acids is 3. The molecule has 1 N–H and O–H groups in total. The third kappa shape index (κ3) is 6.22. The van der Waals surface area contributed by atoms with Crippen LogP contribution < -0.4 is 5.32 Å². The Hall–Kier alpha value is -2.56. The highest BCUT2D eigenvalue weighted by atomic mass is 32.2. The summed E-state index contributed by atoms with van der Waals surface area (Å²) in [5, 5.41) is 2.65. The number of Topliss-reactive ketones (excluding diaryl/α,β-unsaturated/α-hetero) is 1. The minimum atomic E-state index is -3.73. The van der Waals surface area contributed by atoms with Crippen LogP contribution in [0.4, 0.5) is 0 Å². The second kappa shape index (κ2) is 10.7. The molecular formula is C21H26N2O6S2. The number of nitrogens with one attached hydrogen (secondary N) is 1. The lowest BCUT2D eigenvalue weighted by atomic mass is 10.1. The topological polar surface area (TPSA) is 110 Å². The van der Waals surface area contributed by atoms with Crippen LogP contribution in [0.15, 0.2) is 35.2 Å². The maximum absolute atomic E-state index is 12.7. The molecule has 1 aromatic carbocycles. The van der Waals surface area contributed by atoms with Gasteiger partial charge in [-0.25, -0.2) is 13.2 Å². The molecule has 1 amide bonds. The number of carbonyl (C=O) groups is 3. The molecule has 0 fully saturated rings. The maximum atomic E-state index is 12.7. The van der Waals surface area contributed by atoms with Gasteiger partial charge in [0.25, 0.3) is 0 Å². The molecule has 0 aliphatic carbocycles. The molecule has 1 heterocycles. The van der Waals surface area contributed by atoms with Crippen molar-refractivity contribution >= 4 is 39.0 Å². The van der Waals surface area contributed by atoms with E-state index in [0.717, 1.165) is 4.88 Å². The average Bonchev–Trinajstić information content (AvgIpc) is 3.20. The van der Waals surface area contributed by atoms with Crippen molar-refractivity contribution in [2.45, 2.75) is 39.1 Å². The van der Waals surface area contributed by atoms with Crippen molar-refractivity contribution in [1.82, 2.24) is 9.62 Å². The largest absolute Gasteiger partial charge is 0.454 e. The van der Waals surface area contributed by atoms with E-state index in [0.29, 0.717) is 30.1 Å². The molecule has 1 aromatic heterocycles. The van der Waals surface area contributed by atoms with E-state index in [2.05, 4.69) is 5.32 Å². The van der Waals surface area contributed by atoms with Crippen molar-refractivity contribution in [3.63, 3.8) is 0 Å². The van der Waals surface area contributed by atoms with Crippen molar-refractivity contribution in [2.75, 3.05) is 19.7 Å². The lowest BCUT2D eigenvalue weighted by Gasteiger charge is -2.19. The van der Waals surface area contributed by atoms with Crippen LogP contribution in [0, 0.1) is 6.92 Å². The molecule has 2 aromatic rings. The Morgan fingerprint density at radius 2 is 1.77 bits per heavy atom. The molecule has 0 aliphatic rings. The Balaban J connectivity index is 2.10. The van der Waals surface area contributed by atoms with Gasteiger partial charge >= 0.3 is 5.97 Å². The molecule has 0 saturated carbocycles. The fourth-order valence-corrected chi connectivity index (χ4v) is 5.16. The van der Waals surface area contributed by atoms with Crippen LogP contribution in [0.1, 0.15) is 51.2 Å². The number of ketones is 1. The van der Waals surface area contributed by atoms with Crippen LogP contribution in [-0.2, 0) is 26.1 Å². The van der Waals surface area contributed by atoms with E-state index >= 15 is 0 Å². The lowest BCUT2D eigenvalue weighted by Crippen LogP contribution is -2.30. The van der Waals surface area contributed by atoms with E-state index in [1.165, 1.54) is 34.7 Å². The number of nitrogens with zero attached hydrogens (tertiary/aromatic N) is 1. The van der Waals surface area contributed by atoms with Crippen molar-refractivity contribution < 1.29 is 27.5 Å². The first-order valence-corrected chi connectivity index (χ1v) is 12.0. The summed E-state index contributed by atoms with van der Waals surface area (Å²) in [5.41, 5.74) is 0.642. The number of rotatable bonds is 10. The van der Waals surface area contributed by atoms with Crippen LogP contribution in [-0.4, -0.2) is 50.1 Å². The Bertz CT molecular complexity index is 1070. The highest BCUT2D eigenvalue weighted by Gasteiger charge is 2.24. The molecule has 31 heavy (non-hydrogen) atoms. The second-order valence-corrected chi connectivity index (χ2v) is 9.85. The number of aryl methyl sites for hydroxylation is 1. The Labute approximate surface area is 186 Å². The first-order chi connectivity index (χ1) is 14.6. The number of hydrogen-bond acceptors (Lipinski definition) is 7. The van der Waals surface area contributed by atoms with E-state index < -0.39 is 22.6 Å². The minimum Gasteiger partial charge on any atom is -0.454 e. The molecule has 0 spiro atoms. The van der Waals surface area contributed by atoms with Gasteiger partial charge < -0.3 is 10.1 Å². The van der Waals surface area contributed by atoms with Gasteiger partial charge in [0.2, 0.25) is 21.7 Å². The first-order valence-electron chi connectivity index (χ1n) is 9.74. The molecule has 8 nitrogen and oxygen atoms in total. The zero-order valence-corrected chi connectivity index (χ0v) is 19.6. The van der Waals surface area contributed by atoms with Gasteiger partial charge in [-0.3, -0.25) is 9.59 Å². The van der Waals surface area contributed by atoms with Gasteiger partial charge in [0, 0.05) is 24.9 Å². The van der Waals surface area contributed by atoms with Gasteiger partial charge in [0.1, 0.15) is 0 Å². The SMILES string of the molecule is CCN(CC)S(=O)(=O)c1ccc(C)c(C(=O)OCC(=O)c2ccc(CNC(C)=O)s2)c1. The zero-order valence-electron chi connectivity index (χ0n) is 17.9. The molecule has 10 heteroatoms. The summed E-state index contributed by atoms with van der Waals surface area (Å²) < 4.78 is 31.9. The van der Waals surface area contributed by atoms with Gasteiger partial charge in [-0.2, -0.15) is 4.31 Å². The first kappa shape index (κ1) is 24.7. The Morgan fingerprint density at radius 1 is 1.10 bits per heavy atom. The summed E-state index contributed by atoms with van der Waals surface area (Å²) in [6.07, 6.45) is 0. The van der Waals surface area contributed by atoms with Gasteiger partial charge in [-0.1, -0.05) is 19.9 Å². The second-order valence-electron chi connectivity index (χ2n) is 6.74. The maximum Gasteiger partial charge on any atom is 0.338 e. The van der Waals surface area contributed by atoms with Gasteiger partial charge in [-0.05, 0) is 36.8 Å². The molecule has 0 saturated heterocycles. The molecule has 168 valence electrons. The molecule has 0 aliphatic heterocycles.